The topological polar surface area (TPSA) is 22.9 Å². The Morgan fingerprint density at radius 1 is 0.486 bits per heavy atom. The molecule has 0 radical (unpaired) electrons. The molecule has 370 valence electrons. The van der Waals surface area contributed by atoms with E-state index < -0.39 is 0 Å². The minimum Gasteiger partial charge on any atom is -0.456 e. The van der Waals surface area contributed by atoms with Gasteiger partial charge in [0.15, 0.2) is 0 Å². The molecule has 4 heterocycles. The van der Waals surface area contributed by atoms with Crippen LogP contribution in [0.2, 0.25) is 0 Å². The van der Waals surface area contributed by atoms with Gasteiger partial charge in [0.25, 0.3) is 6.71 Å². The molecule has 1 saturated carbocycles. The summed E-state index contributed by atoms with van der Waals surface area (Å²) >= 11 is 0. The fraction of sp³-hybridized carbons (Fsp3) is 0.304. The zero-order chi connectivity index (χ0) is 51.4. The highest BCUT2D eigenvalue weighted by Gasteiger charge is 2.58. The molecule has 2 atom stereocenters. The van der Waals surface area contributed by atoms with Crippen LogP contribution < -0.4 is 31.1 Å². The van der Waals surface area contributed by atoms with E-state index in [4.69, 9.17) is 4.42 Å². The Morgan fingerprint density at radius 2 is 1.09 bits per heavy atom. The quantitative estimate of drug-likeness (QED) is 0.164. The number of aryl methyl sites for hydroxylation is 1. The first kappa shape index (κ1) is 46.8. The number of hydrogen-bond donors (Lipinski definition) is 0. The molecule has 74 heavy (non-hydrogen) atoms. The van der Waals surface area contributed by atoms with Crippen LogP contribution in [-0.2, 0) is 21.7 Å². The van der Waals surface area contributed by atoms with Crippen LogP contribution in [0.15, 0.2) is 162 Å². The molecular weight excluding hydrogens is 898 g/mol. The van der Waals surface area contributed by atoms with E-state index in [0.29, 0.717) is 0 Å². The van der Waals surface area contributed by atoms with Crippen molar-refractivity contribution in [1.29, 1.82) is 0 Å². The van der Waals surface area contributed by atoms with Crippen LogP contribution in [0.4, 0.5) is 45.5 Å². The summed E-state index contributed by atoms with van der Waals surface area (Å²) < 4.78 is 6.73. The fourth-order valence-electron chi connectivity index (χ4n) is 13.8. The predicted molar refractivity (Wildman–Crippen MR) is 317 cm³/mol. The number of rotatable bonds is 4. The molecule has 5 heteroatoms. The van der Waals surface area contributed by atoms with E-state index in [9.17, 15) is 0 Å². The van der Waals surface area contributed by atoms with Crippen molar-refractivity contribution in [1.82, 2.24) is 0 Å². The molecule has 8 aromatic carbocycles. The number of hydrogen-bond acceptors (Lipinski definition) is 4. The van der Waals surface area contributed by atoms with Gasteiger partial charge in [-0.3, -0.25) is 0 Å². The summed E-state index contributed by atoms with van der Waals surface area (Å²) in [6.07, 6.45) is 4.79. The monoisotopic (exact) mass is 968 g/mol. The first-order valence-electron chi connectivity index (χ1n) is 27.3. The largest absolute Gasteiger partial charge is 0.456 e. The van der Waals surface area contributed by atoms with E-state index in [1.54, 1.807) is 0 Å². The average molecular weight is 968 g/mol. The average Bonchev–Trinajstić information content (AvgIpc) is 3.85. The van der Waals surface area contributed by atoms with Gasteiger partial charge in [-0.1, -0.05) is 173 Å². The van der Waals surface area contributed by atoms with Crippen molar-refractivity contribution in [3.05, 3.63) is 186 Å². The van der Waals surface area contributed by atoms with E-state index in [1.807, 2.05) is 0 Å². The molecule has 9 aromatic rings. The third-order valence-electron chi connectivity index (χ3n) is 18.1. The molecule has 1 fully saturated rings. The smallest absolute Gasteiger partial charge is 0.252 e. The van der Waals surface area contributed by atoms with Crippen LogP contribution >= 0.6 is 0 Å². The molecule has 1 aromatic heterocycles. The fourth-order valence-corrected chi connectivity index (χ4v) is 13.8. The van der Waals surface area contributed by atoms with Gasteiger partial charge in [-0.25, -0.2) is 0 Å². The molecule has 1 aliphatic carbocycles. The van der Waals surface area contributed by atoms with E-state index in [1.165, 1.54) is 114 Å². The van der Waals surface area contributed by atoms with E-state index in [2.05, 4.69) is 256 Å². The maximum absolute atomic E-state index is 6.73. The summed E-state index contributed by atoms with van der Waals surface area (Å²) in [6, 6.07) is 60.8. The van der Waals surface area contributed by atoms with Crippen LogP contribution in [-0.4, -0.2) is 12.3 Å². The van der Waals surface area contributed by atoms with E-state index >= 15 is 0 Å². The Kier molecular flexibility index (Phi) is 10.1. The van der Waals surface area contributed by atoms with E-state index in [0.717, 1.165) is 34.0 Å². The summed E-state index contributed by atoms with van der Waals surface area (Å²) in [5.41, 5.74) is 24.6. The van der Waals surface area contributed by atoms with Gasteiger partial charge in [-0.05, 0) is 159 Å². The van der Waals surface area contributed by atoms with Crippen LogP contribution in [0.3, 0.4) is 0 Å². The lowest BCUT2D eigenvalue weighted by Crippen LogP contribution is -2.61. The predicted octanol–water partition coefficient (Wildman–Crippen LogP) is 17.3. The maximum Gasteiger partial charge on any atom is 0.252 e. The van der Waals surface area contributed by atoms with Gasteiger partial charge in [0.1, 0.15) is 11.2 Å². The first-order chi connectivity index (χ1) is 35.2. The Morgan fingerprint density at radius 3 is 1.81 bits per heavy atom. The van der Waals surface area contributed by atoms with Crippen molar-refractivity contribution in [3.8, 4) is 11.1 Å². The van der Waals surface area contributed by atoms with Gasteiger partial charge in [0.05, 0.1) is 22.3 Å². The van der Waals surface area contributed by atoms with Crippen molar-refractivity contribution >= 4 is 90.5 Å². The third kappa shape index (κ3) is 6.80. The molecular formula is C69H70BN3O. The molecule has 2 unspecified atom stereocenters. The number of anilines is 8. The highest BCUT2D eigenvalue weighted by atomic mass is 16.3. The van der Waals surface area contributed by atoms with Crippen molar-refractivity contribution in [2.24, 2.45) is 0 Å². The summed E-state index contributed by atoms with van der Waals surface area (Å²) in [6.45, 7) is 28.5. The molecule has 0 saturated heterocycles. The molecule has 0 N–H and O–H groups in total. The van der Waals surface area contributed by atoms with E-state index in [-0.39, 0.29) is 33.9 Å². The molecule has 4 aliphatic rings. The highest BCUT2D eigenvalue weighted by molar-refractivity contribution is 7.00. The second-order valence-electron chi connectivity index (χ2n) is 25.8. The molecule has 0 spiro atoms. The lowest BCUT2D eigenvalue weighted by Gasteiger charge is -2.50. The zero-order valence-corrected chi connectivity index (χ0v) is 45.7. The SMILES string of the molecule is Cc1cc2c3c(c1)N(c1cccc4oc5ccccc5c14)c1cc(N4c5ccc(C(C)(C)C)cc5C5(C)CCCCC45C)ccc1B3c1cc(C(C)(C)C)ccc1N2c1ccc(C(C)(C)C)cc1-c1ccccc1. The number of para-hydroxylation sites is 1. The molecule has 4 nitrogen and oxygen atoms in total. The number of benzene rings is 8. The van der Waals surface area contributed by atoms with Gasteiger partial charge < -0.3 is 19.1 Å². The Labute approximate surface area is 440 Å². The van der Waals surface area contributed by atoms with Crippen LogP contribution in [0, 0.1) is 6.92 Å². The lowest BCUT2D eigenvalue weighted by molar-refractivity contribution is 0.195. The second-order valence-corrected chi connectivity index (χ2v) is 25.8. The second kappa shape index (κ2) is 16.0. The number of furan rings is 1. The van der Waals surface area contributed by atoms with Crippen LogP contribution in [0.1, 0.15) is 130 Å². The summed E-state index contributed by atoms with van der Waals surface area (Å²) in [5, 5.41) is 2.26. The maximum atomic E-state index is 6.73. The Bertz CT molecular complexity index is 3770. The number of fused-ring (bicyclic) bond motifs is 10. The van der Waals surface area contributed by atoms with Gasteiger partial charge in [0, 0.05) is 50.5 Å². The van der Waals surface area contributed by atoms with Crippen LogP contribution in [0.25, 0.3) is 33.1 Å². The minimum atomic E-state index is -0.112. The van der Waals surface area contributed by atoms with Crippen molar-refractivity contribution < 1.29 is 4.42 Å². The standard InChI is InChI=1S/C69H70BN3O/c1-43-37-59-64-60(38-43)72(57-24-20-26-62-63(57)49-23-16-17-25-61(49)74-62)58-42-48(73-55-33-28-46(66(5,6)7)40-51(55)68(11)35-18-19-36-69(68,73)12)30-31-52(58)70(64)53-41-47(67(8,9)10)29-34-56(53)71(59)54-32-27-45(65(2,3)4)39-50(54)44-21-14-13-15-22-44/h13-17,20-34,37-42H,18-19,35-36H2,1-12H3. The first-order valence-corrected chi connectivity index (χ1v) is 27.3. The van der Waals surface area contributed by atoms with Crippen molar-refractivity contribution in [2.75, 3.05) is 14.7 Å². The Balaban J connectivity index is 1.13. The van der Waals surface area contributed by atoms with Crippen LogP contribution in [0.5, 0.6) is 0 Å². The molecule has 13 rings (SSSR count). The third-order valence-corrected chi connectivity index (χ3v) is 18.1. The van der Waals surface area contributed by atoms with Gasteiger partial charge in [-0.2, -0.15) is 0 Å². The van der Waals surface area contributed by atoms with Gasteiger partial charge in [0.2, 0.25) is 0 Å². The molecule has 0 amide bonds. The molecule has 0 bridgehead atoms. The molecule has 3 aliphatic heterocycles. The highest BCUT2D eigenvalue weighted by Crippen LogP contribution is 2.62. The summed E-state index contributed by atoms with van der Waals surface area (Å²) in [7, 11) is 0. The van der Waals surface area contributed by atoms with Gasteiger partial charge in [-0.15, -0.1) is 0 Å². The minimum absolute atomic E-state index is 0.00381. The van der Waals surface area contributed by atoms with Gasteiger partial charge >= 0.3 is 0 Å². The summed E-state index contributed by atoms with van der Waals surface area (Å²) in [5.74, 6) is 0. The zero-order valence-electron chi connectivity index (χ0n) is 45.7. The van der Waals surface area contributed by atoms with Crippen molar-refractivity contribution in [3.63, 3.8) is 0 Å². The summed E-state index contributed by atoms with van der Waals surface area (Å²) in [4.78, 5) is 8.02. The number of nitrogens with zero attached hydrogens (tertiary/aromatic N) is 3. The Hall–Kier alpha value is -6.98. The van der Waals surface area contributed by atoms with Crippen molar-refractivity contribution in [2.45, 2.75) is 136 Å². The normalized spacial score (nSPS) is 19.1. The lowest BCUT2D eigenvalue weighted by atomic mass is 9.33.